The topological polar surface area (TPSA) is 86.5 Å². The molecule has 2 aromatic rings. The van der Waals surface area contributed by atoms with Crippen molar-refractivity contribution < 1.29 is 19.2 Å². The Bertz CT molecular complexity index is 794. The van der Waals surface area contributed by atoms with Crippen LogP contribution in [0.5, 0.6) is 0 Å². The number of aryl methyl sites for hydroxylation is 3. The summed E-state index contributed by atoms with van der Waals surface area (Å²) in [5, 5.41) is 10.4. The first-order chi connectivity index (χ1) is 10.8. The standard InChI is InChI=1S/C16H15NO5S/c1-9-6-11(3)12(7-10(9)2)13(18)8-22-16(19)14-4-5-15(23-14)17(20)21/h4-7H,8H2,1-3H3. The molecule has 0 atom stereocenters. The van der Waals surface area contributed by atoms with Gasteiger partial charge < -0.3 is 4.74 Å². The first-order valence-corrected chi connectivity index (χ1v) is 7.63. The summed E-state index contributed by atoms with van der Waals surface area (Å²) in [6, 6.07) is 6.23. The third-order valence-electron chi connectivity index (χ3n) is 3.45. The molecule has 120 valence electrons. The van der Waals surface area contributed by atoms with Crippen LogP contribution in [0.4, 0.5) is 5.00 Å². The lowest BCUT2D eigenvalue weighted by atomic mass is 9.98. The summed E-state index contributed by atoms with van der Waals surface area (Å²) < 4.78 is 4.96. The fourth-order valence-corrected chi connectivity index (χ4v) is 2.79. The highest BCUT2D eigenvalue weighted by Gasteiger charge is 2.18. The number of carbonyl (C=O) groups excluding carboxylic acids is 2. The van der Waals surface area contributed by atoms with Crippen LogP contribution >= 0.6 is 11.3 Å². The van der Waals surface area contributed by atoms with Crippen molar-refractivity contribution in [3.8, 4) is 0 Å². The summed E-state index contributed by atoms with van der Waals surface area (Å²) in [5.74, 6) is -1.04. The largest absolute Gasteiger partial charge is 0.453 e. The molecule has 2 rings (SSSR count). The van der Waals surface area contributed by atoms with Crippen molar-refractivity contribution >= 4 is 28.1 Å². The van der Waals surface area contributed by atoms with Gasteiger partial charge in [-0.05, 0) is 49.6 Å². The third-order valence-corrected chi connectivity index (χ3v) is 4.47. The van der Waals surface area contributed by atoms with Crippen LogP contribution in [0.15, 0.2) is 24.3 Å². The SMILES string of the molecule is Cc1cc(C)c(C(=O)COC(=O)c2ccc([N+](=O)[O-])s2)cc1C. The number of nitro groups is 1. The van der Waals surface area contributed by atoms with E-state index < -0.39 is 17.5 Å². The molecule has 0 saturated heterocycles. The van der Waals surface area contributed by atoms with Crippen LogP contribution in [-0.2, 0) is 4.74 Å². The van der Waals surface area contributed by atoms with Gasteiger partial charge in [0, 0.05) is 11.6 Å². The molecule has 7 heteroatoms. The number of nitrogens with zero attached hydrogens (tertiary/aromatic N) is 1. The lowest BCUT2D eigenvalue weighted by Gasteiger charge is -2.09. The molecule has 1 heterocycles. The molecule has 1 aromatic heterocycles. The molecule has 1 aromatic carbocycles. The smallest absolute Gasteiger partial charge is 0.349 e. The molecule has 0 saturated carbocycles. The molecule has 0 unspecified atom stereocenters. The first kappa shape index (κ1) is 16.8. The van der Waals surface area contributed by atoms with Gasteiger partial charge in [0.2, 0.25) is 5.78 Å². The van der Waals surface area contributed by atoms with Crippen LogP contribution in [0.1, 0.15) is 36.7 Å². The fourth-order valence-electron chi connectivity index (χ4n) is 2.08. The zero-order chi connectivity index (χ0) is 17.1. The van der Waals surface area contributed by atoms with E-state index in [2.05, 4.69) is 0 Å². The van der Waals surface area contributed by atoms with Crippen LogP contribution in [0.25, 0.3) is 0 Å². The van der Waals surface area contributed by atoms with Gasteiger partial charge in [0.05, 0.1) is 4.92 Å². The number of esters is 1. The molecule has 23 heavy (non-hydrogen) atoms. The number of ketones is 1. The lowest BCUT2D eigenvalue weighted by molar-refractivity contribution is -0.380. The van der Waals surface area contributed by atoms with Gasteiger partial charge in [-0.1, -0.05) is 17.4 Å². The number of thiophene rings is 1. The first-order valence-electron chi connectivity index (χ1n) is 6.82. The maximum Gasteiger partial charge on any atom is 0.349 e. The predicted molar refractivity (Wildman–Crippen MR) is 86.2 cm³/mol. The van der Waals surface area contributed by atoms with Crippen LogP contribution in [0.2, 0.25) is 0 Å². The summed E-state index contributed by atoms with van der Waals surface area (Å²) in [5.41, 5.74) is 3.40. The molecule has 0 aliphatic heterocycles. The minimum atomic E-state index is -0.738. The monoisotopic (exact) mass is 333 g/mol. The molecule has 0 aliphatic rings. The van der Waals surface area contributed by atoms with Gasteiger partial charge in [-0.15, -0.1) is 0 Å². The third kappa shape index (κ3) is 3.81. The van der Waals surface area contributed by atoms with Gasteiger partial charge in [-0.2, -0.15) is 0 Å². The molecule has 0 radical (unpaired) electrons. The van der Waals surface area contributed by atoms with E-state index in [1.165, 1.54) is 12.1 Å². The molecular weight excluding hydrogens is 318 g/mol. The zero-order valence-corrected chi connectivity index (χ0v) is 13.7. The average molecular weight is 333 g/mol. The number of hydrogen-bond acceptors (Lipinski definition) is 6. The lowest BCUT2D eigenvalue weighted by Crippen LogP contribution is -2.15. The Hall–Kier alpha value is -2.54. The van der Waals surface area contributed by atoms with E-state index in [-0.39, 0.29) is 15.7 Å². The van der Waals surface area contributed by atoms with Gasteiger partial charge in [0.1, 0.15) is 4.88 Å². The summed E-state index contributed by atoms with van der Waals surface area (Å²) in [6.45, 7) is 5.29. The maximum atomic E-state index is 12.2. The predicted octanol–water partition coefficient (Wildman–Crippen LogP) is 3.62. The molecule has 0 fully saturated rings. The van der Waals surface area contributed by atoms with Crippen LogP contribution in [0, 0.1) is 30.9 Å². The van der Waals surface area contributed by atoms with Crippen molar-refractivity contribution in [1.29, 1.82) is 0 Å². The van der Waals surface area contributed by atoms with Gasteiger partial charge in [-0.3, -0.25) is 14.9 Å². The van der Waals surface area contributed by atoms with Crippen LogP contribution < -0.4 is 0 Å². The van der Waals surface area contributed by atoms with Crippen molar-refractivity contribution in [3.63, 3.8) is 0 Å². The number of ether oxygens (including phenoxy) is 1. The van der Waals surface area contributed by atoms with E-state index in [4.69, 9.17) is 4.74 Å². The van der Waals surface area contributed by atoms with Gasteiger partial charge in [0.15, 0.2) is 6.61 Å². The molecule has 0 aliphatic carbocycles. The quantitative estimate of drug-likeness (QED) is 0.361. The number of rotatable bonds is 5. The number of benzene rings is 1. The van der Waals surface area contributed by atoms with E-state index in [9.17, 15) is 19.7 Å². The van der Waals surface area contributed by atoms with Crippen molar-refractivity contribution in [1.82, 2.24) is 0 Å². The Morgan fingerprint density at radius 1 is 1.13 bits per heavy atom. The number of Topliss-reactive ketones (excluding diaryl/α,β-unsaturated/α-hetero) is 1. The molecule has 0 amide bonds. The second kappa shape index (κ2) is 6.70. The molecule has 0 N–H and O–H groups in total. The Labute approximate surface area is 136 Å². The average Bonchev–Trinajstić information content (AvgIpc) is 2.98. The van der Waals surface area contributed by atoms with Gasteiger partial charge >= 0.3 is 11.0 Å². The highest BCUT2D eigenvalue weighted by Crippen LogP contribution is 2.24. The van der Waals surface area contributed by atoms with Gasteiger partial charge in [0.25, 0.3) is 0 Å². The molecule has 0 spiro atoms. The van der Waals surface area contributed by atoms with E-state index in [0.717, 1.165) is 28.0 Å². The van der Waals surface area contributed by atoms with Crippen LogP contribution in [0.3, 0.4) is 0 Å². The van der Waals surface area contributed by atoms with Crippen molar-refractivity contribution in [2.24, 2.45) is 0 Å². The molecule has 0 bridgehead atoms. The Morgan fingerprint density at radius 3 is 2.39 bits per heavy atom. The Morgan fingerprint density at radius 2 is 1.78 bits per heavy atom. The minimum Gasteiger partial charge on any atom is -0.453 e. The molecule has 6 nitrogen and oxygen atoms in total. The van der Waals surface area contributed by atoms with Gasteiger partial charge in [-0.25, -0.2) is 4.79 Å². The summed E-state index contributed by atoms with van der Waals surface area (Å²) in [4.78, 5) is 34.1. The highest BCUT2D eigenvalue weighted by atomic mass is 32.1. The van der Waals surface area contributed by atoms with Crippen LogP contribution in [-0.4, -0.2) is 23.3 Å². The van der Waals surface area contributed by atoms with E-state index in [1.807, 2.05) is 26.8 Å². The Balaban J connectivity index is 2.05. The normalized spacial score (nSPS) is 10.4. The maximum absolute atomic E-state index is 12.2. The fraction of sp³-hybridized carbons (Fsp3) is 0.250. The number of hydrogen-bond donors (Lipinski definition) is 0. The number of carbonyl (C=O) groups is 2. The highest BCUT2D eigenvalue weighted by molar-refractivity contribution is 7.17. The van der Waals surface area contributed by atoms with E-state index >= 15 is 0 Å². The van der Waals surface area contributed by atoms with E-state index in [0.29, 0.717) is 5.56 Å². The second-order valence-electron chi connectivity index (χ2n) is 5.15. The molecular formula is C16H15NO5S. The summed E-state index contributed by atoms with van der Waals surface area (Å²) in [7, 11) is 0. The zero-order valence-electron chi connectivity index (χ0n) is 12.9. The summed E-state index contributed by atoms with van der Waals surface area (Å²) >= 11 is 0.719. The summed E-state index contributed by atoms with van der Waals surface area (Å²) in [6.07, 6.45) is 0. The van der Waals surface area contributed by atoms with Crippen molar-refractivity contribution in [2.75, 3.05) is 6.61 Å². The minimum absolute atomic E-state index is 0.0984. The van der Waals surface area contributed by atoms with Crippen molar-refractivity contribution in [2.45, 2.75) is 20.8 Å². The Kier molecular flexibility index (Phi) is 4.90. The van der Waals surface area contributed by atoms with Crippen molar-refractivity contribution in [3.05, 3.63) is 61.5 Å². The van der Waals surface area contributed by atoms with E-state index in [1.54, 1.807) is 6.07 Å². The second-order valence-corrected chi connectivity index (χ2v) is 6.21.